The molecule has 1 amide bonds. The number of benzene rings is 1. The second-order valence-electron chi connectivity index (χ2n) is 5.48. The third kappa shape index (κ3) is 5.54. The predicted octanol–water partition coefficient (Wildman–Crippen LogP) is 3.76. The normalized spacial score (nSPS) is 10.3. The van der Waals surface area contributed by atoms with Crippen LogP contribution in [-0.2, 0) is 0 Å². The second kappa shape index (κ2) is 9.16. The van der Waals surface area contributed by atoms with Gasteiger partial charge < -0.3 is 16.0 Å². The van der Waals surface area contributed by atoms with Crippen molar-refractivity contribution in [2.24, 2.45) is 0 Å². The Hall–Kier alpha value is -2.90. The zero-order valence-corrected chi connectivity index (χ0v) is 15.6. The molecule has 0 aliphatic carbocycles. The monoisotopic (exact) mass is 402 g/mol. The number of halogens is 2. The minimum absolute atomic E-state index is 0.263. The first-order chi connectivity index (χ1) is 13.1. The fourth-order valence-corrected chi connectivity index (χ4v) is 2.71. The van der Waals surface area contributed by atoms with E-state index in [1.54, 1.807) is 36.7 Å². The number of carbonyl (C=O) groups excluding carboxylic acids is 1. The molecule has 3 rings (SSSR count). The van der Waals surface area contributed by atoms with Crippen molar-refractivity contribution < 1.29 is 4.79 Å². The van der Waals surface area contributed by atoms with E-state index >= 15 is 0 Å². The summed E-state index contributed by atoms with van der Waals surface area (Å²) in [5.41, 5.74) is 1.21. The van der Waals surface area contributed by atoms with Gasteiger partial charge in [-0.25, -0.2) is 0 Å². The second-order valence-corrected chi connectivity index (χ2v) is 6.32. The number of amides is 1. The number of aromatic nitrogens is 3. The molecule has 1 aromatic carbocycles. The Morgan fingerprint density at radius 2 is 1.81 bits per heavy atom. The first kappa shape index (κ1) is 18.9. The lowest BCUT2D eigenvalue weighted by Crippen LogP contribution is -2.29. The van der Waals surface area contributed by atoms with Crippen LogP contribution in [0.25, 0.3) is 0 Å². The summed E-state index contributed by atoms with van der Waals surface area (Å²) in [5.74, 6) is 0.949. The Morgan fingerprint density at radius 1 is 1.00 bits per heavy atom. The van der Waals surface area contributed by atoms with Crippen molar-refractivity contribution in [3.05, 3.63) is 70.5 Å². The van der Waals surface area contributed by atoms with Gasteiger partial charge in [-0.15, -0.1) is 10.2 Å². The van der Waals surface area contributed by atoms with Crippen molar-refractivity contribution >= 4 is 46.4 Å². The van der Waals surface area contributed by atoms with E-state index in [1.165, 1.54) is 6.07 Å². The number of rotatable bonds is 7. The summed E-state index contributed by atoms with van der Waals surface area (Å²) in [6, 6.07) is 12.1. The highest BCUT2D eigenvalue weighted by Gasteiger charge is 2.09. The van der Waals surface area contributed by atoms with Crippen LogP contribution >= 0.6 is 23.2 Å². The number of nitrogens with zero attached hydrogens (tertiary/aromatic N) is 3. The van der Waals surface area contributed by atoms with Crippen LogP contribution < -0.4 is 16.0 Å². The number of nitrogens with one attached hydrogen (secondary N) is 3. The SMILES string of the molecule is O=C(NCCNc1ccc(Nc2cccnc2)nn1)c1ccc(Cl)cc1Cl. The van der Waals surface area contributed by atoms with E-state index in [1.807, 2.05) is 12.1 Å². The molecule has 9 heteroatoms. The summed E-state index contributed by atoms with van der Waals surface area (Å²) >= 11 is 11.8. The molecule has 2 heterocycles. The molecule has 0 fully saturated rings. The van der Waals surface area contributed by atoms with Gasteiger partial charge in [-0.3, -0.25) is 9.78 Å². The van der Waals surface area contributed by atoms with Crippen molar-refractivity contribution in [1.29, 1.82) is 0 Å². The highest BCUT2D eigenvalue weighted by Crippen LogP contribution is 2.20. The van der Waals surface area contributed by atoms with E-state index in [0.29, 0.717) is 40.3 Å². The molecule has 0 aliphatic rings. The lowest BCUT2D eigenvalue weighted by atomic mass is 10.2. The van der Waals surface area contributed by atoms with Crippen molar-refractivity contribution in [2.75, 3.05) is 23.7 Å². The van der Waals surface area contributed by atoms with E-state index in [-0.39, 0.29) is 5.91 Å². The van der Waals surface area contributed by atoms with Crippen LogP contribution in [0.2, 0.25) is 10.0 Å². The van der Waals surface area contributed by atoms with Crippen molar-refractivity contribution in [3.63, 3.8) is 0 Å². The van der Waals surface area contributed by atoms with E-state index in [2.05, 4.69) is 31.1 Å². The lowest BCUT2D eigenvalue weighted by Gasteiger charge is -2.09. The molecule has 0 spiro atoms. The Balaban J connectivity index is 1.44. The van der Waals surface area contributed by atoms with Gasteiger partial charge in [0.15, 0.2) is 5.82 Å². The summed E-state index contributed by atoms with van der Waals surface area (Å²) < 4.78 is 0. The molecule has 0 unspecified atom stereocenters. The third-order valence-corrected chi connectivity index (χ3v) is 4.04. The van der Waals surface area contributed by atoms with Gasteiger partial charge >= 0.3 is 0 Å². The minimum Gasteiger partial charge on any atom is -0.367 e. The fourth-order valence-electron chi connectivity index (χ4n) is 2.21. The number of anilines is 3. The van der Waals surface area contributed by atoms with E-state index in [4.69, 9.17) is 23.2 Å². The molecular formula is C18H16Cl2N6O. The van der Waals surface area contributed by atoms with Crippen molar-refractivity contribution in [3.8, 4) is 0 Å². The molecule has 2 aromatic heterocycles. The van der Waals surface area contributed by atoms with Crippen molar-refractivity contribution in [2.45, 2.75) is 0 Å². The average Bonchev–Trinajstić information content (AvgIpc) is 2.67. The minimum atomic E-state index is -0.263. The first-order valence-electron chi connectivity index (χ1n) is 8.10. The largest absolute Gasteiger partial charge is 0.367 e. The van der Waals surface area contributed by atoms with Crippen LogP contribution in [0, 0.1) is 0 Å². The lowest BCUT2D eigenvalue weighted by molar-refractivity contribution is 0.0955. The molecule has 3 aromatic rings. The summed E-state index contributed by atoms with van der Waals surface area (Å²) in [6.07, 6.45) is 3.40. The maximum atomic E-state index is 12.1. The predicted molar refractivity (Wildman–Crippen MR) is 107 cm³/mol. The van der Waals surface area contributed by atoms with Crippen LogP contribution in [-0.4, -0.2) is 34.2 Å². The molecular weight excluding hydrogens is 387 g/mol. The van der Waals surface area contributed by atoms with Crippen LogP contribution in [0.5, 0.6) is 0 Å². The molecule has 0 saturated carbocycles. The zero-order chi connectivity index (χ0) is 19.1. The Morgan fingerprint density at radius 3 is 2.52 bits per heavy atom. The van der Waals surface area contributed by atoms with Crippen LogP contribution in [0.15, 0.2) is 54.9 Å². The maximum absolute atomic E-state index is 12.1. The number of hydrogen-bond acceptors (Lipinski definition) is 6. The highest BCUT2D eigenvalue weighted by atomic mass is 35.5. The van der Waals surface area contributed by atoms with Gasteiger partial charge in [0, 0.05) is 24.3 Å². The number of hydrogen-bond donors (Lipinski definition) is 3. The van der Waals surface area contributed by atoms with Crippen LogP contribution in [0.3, 0.4) is 0 Å². The van der Waals surface area contributed by atoms with Crippen molar-refractivity contribution in [1.82, 2.24) is 20.5 Å². The van der Waals surface area contributed by atoms with E-state index < -0.39 is 0 Å². The standard InChI is InChI=1S/C18H16Cl2N6O/c19-12-3-4-14(15(20)10-12)18(27)23-9-8-22-16-5-6-17(26-25-16)24-13-2-1-7-21-11-13/h1-7,10-11H,8-9H2,(H,22,25)(H,23,27)(H,24,26). The Kier molecular flexibility index (Phi) is 6.40. The van der Waals surface area contributed by atoms with Crippen LogP contribution in [0.1, 0.15) is 10.4 Å². The Bertz CT molecular complexity index is 905. The van der Waals surface area contributed by atoms with Gasteiger partial charge in [0.1, 0.15) is 5.82 Å². The molecule has 0 radical (unpaired) electrons. The molecule has 0 atom stereocenters. The highest BCUT2D eigenvalue weighted by molar-refractivity contribution is 6.36. The molecule has 0 bridgehead atoms. The average molecular weight is 403 g/mol. The molecule has 0 aliphatic heterocycles. The third-order valence-electron chi connectivity index (χ3n) is 3.49. The van der Waals surface area contributed by atoms with E-state index in [9.17, 15) is 4.79 Å². The molecule has 7 nitrogen and oxygen atoms in total. The smallest absolute Gasteiger partial charge is 0.252 e. The summed E-state index contributed by atoms with van der Waals surface area (Å²) in [7, 11) is 0. The van der Waals surface area contributed by atoms with Gasteiger partial charge in [-0.05, 0) is 42.5 Å². The van der Waals surface area contributed by atoms with Gasteiger partial charge in [-0.1, -0.05) is 23.2 Å². The summed E-state index contributed by atoms with van der Waals surface area (Å²) in [5, 5.41) is 17.9. The molecule has 138 valence electrons. The molecule has 27 heavy (non-hydrogen) atoms. The zero-order valence-electron chi connectivity index (χ0n) is 14.1. The van der Waals surface area contributed by atoms with E-state index in [0.717, 1.165) is 5.69 Å². The van der Waals surface area contributed by atoms with Crippen LogP contribution in [0.4, 0.5) is 17.3 Å². The van der Waals surface area contributed by atoms with Gasteiger partial charge in [0.25, 0.3) is 5.91 Å². The quantitative estimate of drug-likeness (QED) is 0.521. The van der Waals surface area contributed by atoms with Gasteiger partial charge in [0.05, 0.1) is 22.5 Å². The topological polar surface area (TPSA) is 91.8 Å². The first-order valence-corrected chi connectivity index (χ1v) is 8.85. The van der Waals surface area contributed by atoms with Gasteiger partial charge in [0.2, 0.25) is 0 Å². The molecule has 0 saturated heterocycles. The molecule has 3 N–H and O–H groups in total. The Labute approximate surface area is 166 Å². The summed E-state index contributed by atoms with van der Waals surface area (Å²) in [6.45, 7) is 0.885. The van der Waals surface area contributed by atoms with Gasteiger partial charge in [-0.2, -0.15) is 0 Å². The number of carbonyl (C=O) groups is 1. The fraction of sp³-hybridized carbons (Fsp3) is 0.111. The summed E-state index contributed by atoms with van der Waals surface area (Å²) in [4.78, 5) is 16.1. The maximum Gasteiger partial charge on any atom is 0.252 e. The number of pyridine rings is 1.